The molecule has 2 aliphatic rings. The minimum Gasteiger partial charge on any atom is -0.311 e. The van der Waals surface area contributed by atoms with Gasteiger partial charge in [0, 0.05) is 18.8 Å². The van der Waals surface area contributed by atoms with Crippen molar-refractivity contribution in [3.63, 3.8) is 0 Å². The molecule has 7 heteroatoms. The molecule has 1 saturated heterocycles. The zero-order valence-electron chi connectivity index (χ0n) is 14.5. The number of thiophene rings is 1. The molecule has 0 saturated carbocycles. The van der Waals surface area contributed by atoms with E-state index in [1.54, 1.807) is 22.4 Å². The summed E-state index contributed by atoms with van der Waals surface area (Å²) in [4.78, 5) is 15.2. The fraction of sp³-hybridized carbons (Fsp3) is 0.421. The molecular formula is C19H22N2O3S2. The largest absolute Gasteiger partial charge is 0.311 e. The van der Waals surface area contributed by atoms with Crippen molar-refractivity contribution < 1.29 is 13.2 Å². The summed E-state index contributed by atoms with van der Waals surface area (Å²) in [7, 11) is -3.62. The van der Waals surface area contributed by atoms with Crippen LogP contribution in [-0.2, 0) is 21.2 Å². The number of nitrogens with zero attached hydrogens (tertiary/aromatic N) is 2. The number of rotatable bonds is 3. The number of para-hydroxylation sites is 1. The molecule has 5 nitrogen and oxygen atoms in total. The second-order valence-electron chi connectivity index (χ2n) is 6.78. The third-order valence-electron chi connectivity index (χ3n) is 5.17. The van der Waals surface area contributed by atoms with Crippen molar-refractivity contribution in [2.75, 3.05) is 18.0 Å². The van der Waals surface area contributed by atoms with Crippen LogP contribution in [0.3, 0.4) is 0 Å². The fourth-order valence-electron chi connectivity index (χ4n) is 3.91. The standard InChI is InChI=1S/C19H22N2O3S2/c22-19(20-12-5-8-15-7-1-2-9-16(15)20)17-10-3-4-13-21(17)26(23,24)18-11-6-14-25-18/h1-2,6-7,9,11,14,17H,3-5,8,10,12-13H2/t17-/m1/s1. The van der Waals surface area contributed by atoms with Crippen molar-refractivity contribution in [1.29, 1.82) is 0 Å². The molecule has 1 aromatic carbocycles. The summed E-state index contributed by atoms with van der Waals surface area (Å²) >= 11 is 1.21. The van der Waals surface area contributed by atoms with Crippen LogP contribution in [0.25, 0.3) is 0 Å². The third kappa shape index (κ3) is 3.08. The summed E-state index contributed by atoms with van der Waals surface area (Å²) in [5, 5.41) is 1.76. The van der Waals surface area contributed by atoms with Crippen molar-refractivity contribution in [2.45, 2.75) is 42.4 Å². The number of carbonyl (C=O) groups excluding carboxylic acids is 1. The Labute approximate surface area is 158 Å². The highest BCUT2D eigenvalue weighted by molar-refractivity contribution is 7.91. The first-order valence-electron chi connectivity index (χ1n) is 9.04. The third-order valence-corrected chi connectivity index (χ3v) is 8.45. The second-order valence-corrected chi connectivity index (χ2v) is 9.85. The zero-order chi connectivity index (χ0) is 18.1. The van der Waals surface area contributed by atoms with Crippen molar-refractivity contribution in [3.05, 3.63) is 47.3 Å². The topological polar surface area (TPSA) is 57.7 Å². The van der Waals surface area contributed by atoms with Crippen molar-refractivity contribution >= 4 is 33.0 Å². The number of anilines is 1. The number of benzene rings is 1. The minimum atomic E-state index is -3.62. The molecule has 2 aromatic rings. The minimum absolute atomic E-state index is 0.0861. The van der Waals surface area contributed by atoms with Gasteiger partial charge in [-0.25, -0.2) is 8.42 Å². The van der Waals surface area contributed by atoms with E-state index in [-0.39, 0.29) is 5.91 Å². The highest BCUT2D eigenvalue weighted by Crippen LogP contribution is 2.32. The maximum absolute atomic E-state index is 13.4. The Morgan fingerprint density at radius 2 is 1.88 bits per heavy atom. The molecule has 0 N–H and O–H groups in total. The van der Waals surface area contributed by atoms with Crippen LogP contribution in [0.1, 0.15) is 31.2 Å². The summed E-state index contributed by atoms with van der Waals surface area (Å²) in [6.45, 7) is 1.06. The number of amides is 1. The highest BCUT2D eigenvalue weighted by Gasteiger charge is 2.40. The van der Waals surface area contributed by atoms with Gasteiger partial charge in [0.15, 0.2) is 0 Å². The number of carbonyl (C=O) groups is 1. The molecule has 0 aliphatic carbocycles. The van der Waals surface area contributed by atoms with E-state index in [9.17, 15) is 13.2 Å². The maximum atomic E-state index is 13.4. The van der Waals surface area contributed by atoms with E-state index in [0.717, 1.165) is 36.9 Å². The Kier molecular flexibility index (Phi) is 4.86. The van der Waals surface area contributed by atoms with Gasteiger partial charge in [-0.05, 0) is 48.8 Å². The quantitative estimate of drug-likeness (QED) is 0.808. The Morgan fingerprint density at radius 1 is 1.04 bits per heavy atom. The summed E-state index contributed by atoms with van der Waals surface area (Å²) < 4.78 is 27.9. The zero-order valence-corrected chi connectivity index (χ0v) is 16.1. The number of sulfonamides is 1. The summed E-state index contributed by atoms with van der Waals surface area (Å²) in [5.41, 5.74) is 2.10. The number of hydrogen-bond acceptors (Lipinski definition) is 4. The molecule has 0 unspecified atom stereocenters. The maximum Gasteiger partial charge on any atom is 0.253 e. The number of hydrogen-bond donors (Lipinski definition) is 0. The molecule has 1 atom stereocenters. The lowest BCUT2D eigenvalue weighted by molar-refractivity contribution is -0.123. The lowest BCUT2D eigenvalue weighted by atomic mass is 9.98. The van der Waals surface area contributed by atoms with Crippen LogP contribution in [0.15, 0.2) is 46.0 Å². The first kappa shape index (κ1) is 17.7. The van der Waals surface area contributed by atoms with Crippen LogP contribution < -0.4 is 4.90 Å². The molecule has 1 fully saturated rings. The first-order valence-corrected chi connectivity index (χ1v) is 11.4. The van der Waals surface area contributed by atoms with Gasteiger partial charge in [0.2, 0.25) is 5.91 Å². The van der Waals surface area contributed by atoms with Gasteiger partial charge < -0.3 is 4.90 Å². The number of fused-ring (bicyclic) bond motifs is 1. The Hall–Kier alpha value is -1.70. The van der Waals surface area contributed by atoms with E-state index in [4.69, 9.17) is 0 Å². The van der Waals surface area contributed by atoms with E-state index in [0.29, 0.717) is 23.7 Å². The van der Waals surface area contributed by atoms with E-state index >= 15 is 0 Å². The average molecular weight is 391 g/mol. The lowest BCUT2D eigenvalue weighted by Crippen LogP contribution is -2.53. The summed E-state index contributed by atoms with van der Waals surface area (Å²) in [6.07, 6.45) is 4.13. The van der Waals surface area contributed by atoms with Gasteiger partial charge >= 0.3 is 0 Å². The van der Waals surface area contributed by atoms with Gasteiger partial charge in [0.1, 0.15) is 10.3 Å². The summed E-state index contributed by atoms with van der Waals surface area (Å²) in [5.74, 6) is -0.0861. The average Bonchev–Trinajstić information content (AvgIpc) is 3.23. The molecule has 0 bridgehead atoms. The van der Waals surface area contributed by atoms with Crippen LogP contribution in [0.2, 0.25) is 0 Å². The smallest absolute Gasteiger partial charge is 0.253 e. The predicted octanol–water partition coefficient (Wildman–Crippen LogP) is 3.27. The normalized spacial score (nSPS) is 21.4. The molecule has 26 heavy (non-hydrogen) atoms. The van der Waals surface area contributed by atoms with Gasteiger partial charge in [-0.3, -0.25) is 4.79 Å². The van der Waals surface area contributed by atoms with Gasteiger partial charge in [-0.15, -0.1) is 11.3 Å². The lowest BCUT2D eigenvalue weighted by Gasteiger charge is -2.38. The van der Waals surface area contributed by atoms with Crippen LogP contribution >= 0.6 is 11.3 Å². The summed E-state index contributed by atoms with van der Waals surface area (Å²) in [6, 6.07) is 10.7. The van der Waals surface area contributed by atoms with Crippen LogP contribution in [0.5, 0.6) is 0 Å². The molecule has 4 rings (SSSR count). The highest BCUT2D eigenvalue weighted by atomic mass is 32.2. The van der Waals surface area contributed by atoms with Crippen LogP contribution in [0.4, 0.5) is 5.69 Å². The van der Waals surface area contributed by atoms with Crippen molar-refractivity contribution in [1.82, 2.24) is 4.31 Å². The van der Waals surface area contributed by atoms with E-state index in [1.165, 1.54) is 15.6 Å². The second kappa shape index (κ2) is 7.13. The van der Waals surface area contributed by atoms with Crippen molar-refractivity contribution in [2.24, 2.45) is 0 Å². The van der Waals surface area contributed by atoms with Gasteiger partial charge in [0.05, 0.1) is 0 Å². The SMILES string of the molecule is O=C([C@H]1CCCCN1S(=O)(=O)c1cccs1)N1CCCc2ccccc21. The molecular weight excluding hydrogens is 368 g/mol. The van der Waals surface area contributed by atoms with Crippen LogP contribution in [0, 0.1) is 0 Å². The Bertz CT molecular complexity index is 893. The van der Waals surface area contributed by atoms with E-state index < -0.39 is 16.1 Å². The molecule has 2 aliphatic heterocycles. The molecule has 0 spiro atoms. The fourth-order valence-corrected chi connectivity index (χ4v) is 6.68. The Morgan fingerprint density at radius 3 is 2.69 bits per heavy atom. The van der Waals surface area contributed by atoms with Crippen molar-refractivity contribution in [3.8, 4) is 0 Å². The molecule has 0 radical (unpaired) electrons. The van der Waals surface area contributed by atoms with E-state index in [1.807, 2.05) is 18.2 Å². The molecule has 1 aromatic heterocycles. The predicted molar refractivity (Wildman–Crippen MR) is 103 cm³/mol. The molecule has 1 amide bonds. The molecule has 138 valence electrons. The molecule has 3 heterocycles. The van der Waals surface area contributed by atoms with Gasteiger partial charge in [-0.2, -0.15) is 4.31 Å². The number of piperidine rings is 1. The van der Waals surface area contributed by atoms with Gasteiger partial charge in [-0.1, -0.05) is 30.7 Å². The van der Waals surface area contributed by atoms with Crippen LogP contribution in [-0.4, -0.2) is 37.8 Å². The van der Waals surface area contributed by atoms with E-state index in [2.05, 4.69) is 6.07 Å². The number of aryl methyl sites for hydroxylation is 1. The van der Waals surface area contributed by atoms with Gasteiger partial charge in [0.25, 0.3) is 10.0 Å². The first-order chi connectivity index (χ1) is 12.6. The Balaban J connectivity index is 1.66. The monoisotopic (exact) mass is 390 g/mol.